The number of nitrogens with zero attached hydrogens (tertiary/aromatic N) is 1. The molecule has 0 bridgehead atoms. The number of hydrogen-bond acceptors (Lipinski definition) is 4. The number of amides is 1. The molecular formula is C20H19N3O4. The van der Waals surface area contributed by atoms with Crippen LogP contribution in [0.15, 0.2) is 52.1 Å². The molecule has 0 aliphatic carbocycles. The van der Waals surface area contributed by atoms with Gasteiger partial charge in [-0.05, 0) is 29.3 Å². The fourth-order valence-corrected chi connectivity index (χ4v) is 3.32. The molecule has 3 aromatic rings. The maximum Gasteiger partial charge on any atom is 0.316 e. The first kappa shape index (κ1) is 17.1. The number of fused-ring (bicyclic) bond motifs is 2. The minimum Gasteiger partial charge on any atom is -0.493 e. The van der Waals surface area contributed by atoms with Crippen LogP contribution in [0.3, 0.4) is 0 Å². The molecule has 0 saturated heterocycles. The van der Waals surface area contributed by atoms with Gasteiger partial charge in [0, 0.05) is 19.5 Å². The number of rotatable bonds is 5. The number of benzene rings is 2. The molecule has 4 rings (SSSR count). The fourth-order valence-electron chi connectivity index (χ4n) is 3.32. The molecule has 1 aliphatic rings. The number of carbonyl (C=O) groups excluding carboxylic acids is 1. The average Bonchev–Trinajstić information content (AvgIpc) is 3.12. The topological polar surface area (TPSA) is 93.2 Å². The van der Waals surface area contributed by atoms with E-state index in [1.54, 1.807) is 24.3 Å². The van der Waals surface area contributed by atoms with Crippen molar-refractivity contribution in [2.75, 3.05) is 13.2 Å². The number of para-hydroxylation sites is 2. The molecule has 1 aromatic heterocycles. The van der Waals surface area contributed by atoms with E-state index in [2.05, 4.69) is 10.3 Å². The smallest absolute Gasteiger partial charge is 0.316 e. The molecule has 2 heterocycles. The van der Waals surface area contributed by atoms with Crippen LogP contribution in [0, 0.1) is 0 Å². The van der Waals surface area contributed by atoms with Crippen LogP contribution in [0.4, 0.5) is 0 Å². The van der Waals surface area contributed by atoms with Crippen molar-refractivity contribution in [3.8, 4) is 5.75 Å². The summed E-state index contributed by atoms with van der Waals surface area (Å²) in [7, 11) is 0. The van der Waals surface area contributed by atoms with E-state index in [1.165, 1.54) is 10.1 Å². The Bertz CT molecular complexity index is 1130. The third-order valence-corrected chi connectivity index (χ3v) is 4.67. The van der Waals surface area contributed by atoms with Gasteiger partial charge < -0.3 is 19.6 Å². The van der Waals surface area contributed by atoms with Gasteiger partial charge >= 0.3 is 11.1 Å². The number of nitrogens with one attached hydrogen (secondary N) is 2. The molecule has 1 amide bonds. The van der Waals surface area contributed by atoms with Gasteiger partial charge in [0.25, 0.3) is 0 Å². The molecule has 0 saturated carbocycles. The van der Waals surface area contributed by atoms with Crippen LogP contribution in [-0.2, 0) is 24.2 Å². The maximum atomic E-state index is 12.2. The van der Waals surface area contributed by atoms with Crippen molar-refractivity contribution >= 4 is 16.9 Å². The van der Waals surface area contributed by atoms with E-state index in [4.69, 9.17) is 4.74 Å². The summed E-state index contributed by atoms with van der Waals surface area (Å²) < 4.78 is 6.91. The largest absolute Gasteiger partial charge is 0.493 e. The van der Waals surface area contributed by atoms with Crippen molar-refractivity contribution in [1.29, 1.82) is 0 Å². The maximum absolute atomic E-state index is 12.2. The van der Waals surface area contributed by atoms with E-state index in [9.17, 15) is 14.4 Å². The molecular weight excluding hydrogens is 346 g/mol. The molecule has 2 N–H and O–H groups in total. The number of carbonyl (C=O) groups is 1. The Morgan fingerprint density at radius 2 is 2.04 bits per heavy atom. The summed E-state index contributed by atoms with van der Waals surface area (Å²) in [4.78, 5) is 38.7. The highest BCUT2D eigenvalue weighted by molar-refractivity contribution is 5.78. The predicted octanol–water partition coefficient (Wildman–Crippen LogP) is 0.984. The first-order chi connectivity index (χ1) is 13.1. The first-order valence-corrected chi connectivity index (χ1v) is 8.85. The lowest BCUT2D eigenvalue weighted by Gasteiger charge is -2.11. The Balaban J connectivity index is 1.42. The van der Waals surface area contributed by atoms with Gasteiger partial charge in [-0.25, -0.2) is 0 Å². The van der Waals surface area contributed by atoms with Crippen LogP contribution in [0.2, 0.25) is 0 Å². The monoisotopic (exact) mass is 365 g/mol. The second kappa shape index (κ2) is 7.11. The summed E-state index contributed by atoms with van der Waals surface area (Å²) in [6, 6.07) is 12.9. The Morgan fingerprint density at radius 1 is 1.19 bits per heavy atom. The summed E-state index contributed by atoms with van der Waals surface area (Å²) in [5.74, 6) is 0.706. The van der Waals surface area contributed by atoms with Gasteiger partial charge in [0.15, 0.2) is 0 Å². The minimum atomic E-state index is -0.668. The van der Waals surface area contributed by atoms with E-state index in [0.717, 1.165) is 17.7 Å². The van der Waals surface area contributed by atoms with Gasteiger partial charge in [0.05, 0.1) is 24.1 Å². The van der Waals surface area contributed by atoms with Crippen LogP contribution in [0.1, 0.15) is 11.1 Å². The lowest BCUT2D eigenvalue weighted by molar-refractivity contribution is -0.120. The van der Waals surface area contributed by atoms with Crippen molar-refractivity contribution < 1.29 is 9.53 Å². The zero-order chi connectivity index (χ0) is 18.8. The van der Waals surface area contributed by atoms with Gasteiger partial charge in [-0.1, -0.05) is 24.3 Å². The van der Waals surface area contributed by atoms with Gasteiger partial charge in [-0.15, -0.1) is 0 Å². The Morgan fingerprint density at radius 3 is 2.93 bits per heavy atom. The molecule has 2 aromatic carbocycles. The molecule has 7 heteroatoms. The van der Waals surface area contributed by atoms with Gasteiger partial charge in [0.1, 0.15) is 5.75 Å². The van der Waals surface area contributed by atoms with Crippen LogP contribution in [0.25, 0.3) is 11.0 Å². The predicted molar refractivity (Wildman–Crippen MR) is 101 cm³/mol. The number of H-pyrrole nitrogens is 1. The zero-order valence-electron chi connectivity index (χ0n) is 14.7. The molecule has 0 fully saturated rings. The summed E-state index contributed by atoms with van der Waals surface area (Å²) in [5.41, 5.74) is 1.97. The Kier molecular flexibility index (Phi) is 4.50. The van der Waals surface area contributed by atoms with Crippen LogP contribution < -0.4 is 21.2 Å². The van der Waals surface area contributed by atoms with Crippen LogP contribution in [-0.4, -0.2) is 28.6 Å². The van der Waals surface area contributed by atoms with Gasteiger partial charge in [0.2, 0.25) is 5.91 Å². The molecule has 27 heavy (non-hydrogen) atoms. The minimum absolute atomic E-state index is 0.143. The zero-order valence-corrected chi connectivity index (χ0v) is 14.7. The quantitative estimate of drug-likeness (QED) is 0.659. The van der Waals surface area contributed by atoms with Gasteiger partial charge in [-0.3, -0.25) is 14.4 Å². The highest BCUT2D eigenvalue weighted by Gasteiger charge is 2.13. The Labute approximate surface area is 154 Å². The SMILES string of the molecule is O=C(Cc1ccc2c(c1)OCC2)NCCn1c(=O)c(=O)[nH]c2ccccc21. The lowest BCUT2D eigenvalue weighted by atomic mass is 10.1. The van der Waals surface area contributed by atoms with Crippen molar-refractivity contribution in [3.05, 3.63) is 74.3 Å². The van der Waals surface area contributed by atoms with Crippen molar-refractivity contribution in [3.63, 3.8) is 0 Å². The molecule has 0 atom stereocenters. The van der Waals surface area contributed by atoms with Crippen LogP contribution in [0.5, 0.6) is 5.75 Å². The number of aromatic amines is 1. The summed E-state index contributed by atoms with van der Waals surface area (Å²) in [5, 5.41) is 2.81. The third-order valence-electron chi connectivity index (χ3n) is 4.67. The van der Waals surface area contributed by atoms with Crippen LogP contribution >= 0.6 is 0 Å². The summed E-state index contributed by atoms with van der Waals surface area (Å²) >= 11 is 0. The molecule has 7 nitrogen and oxygen atoms in total. The number of hydrogen-bond donors (Lipinski definition) is 2. The van der Waals surface area contributed by atoms with E-state index >= 15 is 0 Å². The summed E-state index contributed by atoms with van der Waals surface area (Å²) in [6.45, 7) is 1.17. The molecule has 0 unspecified atom stereocenters. The van der Waals surface area contributed by atoms with Crippen molar-refractivity contribution in [2.24, 2.45) is 0 Å². The third kappa shape index (κ3) is 3.48. The van der Waals surface area contributed by atoms with E-state index in [0.29, 0.717) is 17.6 Å². The highest BCUT2D eigenvalue weighted by Crippen LogP contribution is 2.26. The van der Waals surface area contributed by atoms with E-state index < -0.39 is 11.1 Å². The first-order valence-electron chi connectivity index (χ1n) is 8.85. The number of aromatic nitrogens is 2. The molecule has 1 aliphatic heterocycles. The van der Waals surface area contributed by atoms with Crippen molar-refractivity contribution in [1.82, 2.24) is 14.9 Å². The fraction of sp³-hybridized carbons (Fsp3) is 0.250. The molecule has 0 spiro atoms. The van der Waals surface area contributed by atoms with E-state index in [-0.39, 0.29) is 25.4 Å². The van der Waals surface area contributed by atoms with Gasteiger partial charge in [-0.2, -0.15) is 0 Å². The number of ether oxygens (including phenoxy) is 1. The van der Waals surface area contributed by atoms with E-state index in [1.807, 2.05) is 18.2 Å². The second-order valence-corrected chi connectivity index (χ2v) is 6.50. The lowest BCUT2D eigenvalue weighted by Crippen LogP contribution is -2.39. The van der Waals surface area contributed by atoms with Crippen molar-refractivity contribution in [2.45, 2.75) is 19.4 Å². The highest BCUT2D eigenvalue weighted by atomic mass is 16.5. The molecule has 0 radical (unpaired) electrons. The normalized spacial score (nSPS) is 12.6. The standard InChI is InChI=1S/C20H19N3O4/c24-18(12-13-5-6-14-7-10-27-17(14)11-13)21-8-9-23-16-4-2-1-3-15(16)22-19(25)20(23)26/h1-6,11H,7-10,12H2,(H,21,24)(H,22,25). The second-order valence-electron chi connectivity index (χ2n) is 6.50. The average molecular weight is 365 g/mol. The summed E-state index contributed by atoms with van der Waals surface area (Å²) in [6.07, 6.45) is 1.14. The Hall–Kier alpha value is -3.35. The molecule has 138 valence electrons.